The Morgan fingerprint density at radius 3 is 2.87 bits per heavy atom. The van der Waals surface area contributed by atoms with Crippen LogP contribution in [0.4, 0.5) is 0 Å². The fraction of sp³-hybridized carbons (Fsp3) is 0.500. The molecule has 1 aromatic rings. The van der Waals surface area contributed by atoms with Gasteiger partial charge in [0.15, 0.2) is 0 Å². The topological polar surface area (TPSA) is 49.7 Å². The molecule has 3 heteroatoms. The lowest BCUT2D eigenvalue weighted by Gasteiger charge is -2.35. The number of aliphatic hydroxyl groups excluding tert-OH is 1. The van der Waals surface area contributed by atoms with Gasteiger partial charge >= 0.3 is 0 Å². The molecular formula is C12H16O3. The molecule has 15 heavy (non-hydrogen) atoms. The summed E-state index contributed by atoms with van der Waals surface area (Å²) in [5.74, 6) is 0.276. The zero-order chi connectivity index (χ0) is 10.9. The second-order valence-electron chi connectivity index (χ2n) is 4.18. The third kappa shape index (κ3) is 1.85. The van der Waals surface area contributed by atoms with Crippen molar-refractivity contribution in [2.75, 3.05) is 13.7 Å². The van der Waals surface area contributed by atoms with Gasteiger partial charge in [0.05, 0.1) is 12.2 Å². The second kappa shape index (κ2) is 3.83. The number of ether oxygens (including phenoxy) is 1. The molecule has 3 nitrogen and oxygen atoms in total. The lowest BCUT2D eigenvalue weighted by molar-refractivity contribution is -0.0607. The zero-order valence-electron chi connectivity index (χ0n) is 8.86. The van der Waals surface area contributed by atoms with Crippen molar-refractivity contribution in [1.82, 2.24) is 0 Å². The highest BCUT2D eigenvalue weighted by molar-refractivity contribution is 5.38. The Labute approximate surface area is 89.3 Å². The third-order valence-electron chi connectivity index (χ3n) is 3.27. The Balaban J connectivity index is 2.32. The number of aryl methyl sites for hydroxylation is 1. The smallest absolute Gasteiger partial charge is 0.115 e. The standard InChI is InChI=1S/C12H16O3/c1-15-12(8-13)5-4-9-2-3-11(14)6-10(9)7-12/h2-3,6,13-14H,4-5,7-8H2,1H3. The molecule has 0 bridgehead atoms. The number of fused-ring (bicyclic) bond motifs is 1. The van der Waals surface area contributed by atoms with E-state index in [-0.39, 0.29) is 12.4 Å². The molecule has 0 spiro atoms. The lowest BCUT2D eigenvalue weighted by Crippen LogP contribution is -2.41. The Morgan fingerprint density at radius 1 is 1.40 bits per heavy atom. The highest BCUT2D eigenvalue weighted by Gasteiger charge is 2.33. The van der Waals surface area contributed by atoms with Crippen LogP contribution in [-0.2, 0) is 17.6 Å². The van der Waals surface area contributed by atoms with Gasteiger partial charge in [0.2, 0.25) is 0 Å². The van der Waals surface area contributed by atoms with Crippen LogP contribution in [0.15, 0.2) is 18.2 Å². The van der Waals surface area contributed by atoms with E-state index >= 15 is 0 Å². The number of phenolic OH excluding ortho intramolecular Hbond substituents is 1. The van der Waals surface area contributed by atoms with Gasteiger partial charge in [0.1, 0.15) is 5.75 Å². The molecule has 82 valence electrons. The van der Waals surface area contributed by atoms with Crippen molar-refractivity contribution in [1.29, 1.82) is 0 Å². The summed E-state index contributed by atoms with van der Waals surface area (Å²) in [7, 11) is 1.63. The first-order chi connectivity index (χ1) is 7.19. The van der Waals surface area contributed by atoms with Crippen LogP contribution in [0.1, 0.15) is 17.5 Å². The van der Waals surface area contributed by atoms with Crippen LogP contribution < -0.4 is 0 Å². The molecule has 1 atom stereocenters. The maximum absolute atomic E-state index is 9.40. The van der Waals surface area contributed by atoms with Gasteiger partial charge < -0.3 is 14.9 Å². The van der Waals surface area contributed by atoms with E-state index < -0.39 is 5.60 Å². The van der Waals surface area contributed by atoms with Gasteiger partial charge in [0, 0.05) is 13.5 Å². The Hall–Kier alpha value is -1.06. The molecule has 2 rings (SSSR count). The highest BCUT2D eigenvalue weighted by Crippen LogP contribution is 2.32. The number of hydrogen-bond acceptors (Lipinski definition) is 3. The van der Waals surface area contributed by atoms with Gasteiger partial charge in [-0.1, -0.05) is 6.07 Å². The van der Waals surface area contributed by atoms with Crippen LogP contribution in [0.3, 0.4) is 0 Å². The fourth-order valence-corrected chi connectivity index (χ4v) is 2.19. The average Bonchev–Trinajstić information content (AvgIpc) is 2.28. The lowest BCUT2D eigenvalue weighted by atomic mass is 9.80. The van der Waals surface area contributed by atoms with E-state index in [4.69, 9.17) is 4.74 Å². The Bertz CT molecular complexity index is 356. The van der Waals surface area contributed by atoms with E-state index in [1.165, 1.54) is 5.56 Å². The summed E-state index contributed by atoms with van der Waals surface area (Å²) in [5, 5.41) is 18.7. The van der Waals surface area contributed by atoms with Crippen molar-refractivity contribution >= 4 is 0 Å². The largest absolute Gasteiger partial charge is 0.508 e. The average molecular weight is 208 g/mol. The second-order valence-corrected chi connectivity index (χ2v) is 4.18. The molecule has 0 radical (unpaired) electrons. The van der Waals surface area contributed by atoms with E-state index in [1.807, 2.05) is 6.07 Å². The highest BCUT2D eigenvalue weighted by atomic mass is 16.5. The Kier molecular flexibility index (Phi) is 2.67. The van der Waals surface area contributed by atoms with E-state index in [2.05, 4.69) is 0 Å². The minimum Gasteiger partial charge on any atom is -0.508 e. The molecule has 0 aromatic heterocycles. The van der Waals surface area contributed by atoms with E-state index in [9.17, 15) is 10.2 Å². The number of methoxy groups -OCH3 is 1. The number of rotatable bonds is 2. The number of aliphatic hydroxyl groups is 1. The maximum Gasteiger partial charge on any atom is 0.115 e. The molecule has 0 aliphatic heterocycles. The van der Waals surface area contributed by atoms with Crippen LogP contribution in [0, 0.1) is 0 Å². The van der Waals surface area contributed by atoms with E-state index in [0.29, 0.717) is 6.42 Å². The van der Waals surface area contributed by atoms with Crippen molar-refractivity contribution in [2.45, 2.75) is 24.9 Å². The minimum absolute atomic E-state index is 0.0264. The molecule has 1 aliphatic rings. The van der Waals surface area contributed by atoms with E-state index in [0.717, 1.165) is 18.4 Å². The molecule has 0 saturated heterocycles. The summed E-state index contributed by atoms with van der Waals surface area (Å²) in [5.41, 5.74) is 1.87. The summed E-state index contributed by atoms with van der Waals surface area (Å²) in [6, 6.07) is 5.41. The maximum atomic E-state index is 9.40. The number of hydrogen-bond donors (Lipinski definition) is 2. The van der Waals surface area contributed by atoms with Crippen molar-refractivity contribution in [3.05, 3.63) is 29.3 Å². The fourth-order valence-electron chi connectivity index (χ4n) is 2.19. The summed E-state index contributed by atoms with van der Waals surface area (Å²) >= 11 is 0. The zero-order valence-corrected chi connectivity index (χ0v) is 8.86. The normalized spacial score (nSPS) is 24.9. The van der Waals surface area contributed by atoms with Crippen LogP contribution in [0.25, 0.3) is 0 Å². The molecule has 0 heterocycles. The predicted octanol–water partition coefficient (Wildman–Crippen LogP) is 1.26. The number of benzene rings is 1. The molecule has 1 aromatic carbocycles. The van der Waals surface area contributed by atoms with Crippen molar-refractivity contribution in [3.8, 4) is 5.75 Å². The summed E-state index contributed by atoms with van der Waals surface area (Å²) in [6.07, 6.45) is 2.39. The minimum atomic E-state index is -0.458. The van der Waals surface area contributed by atoms with Gasteiger partial charge in [-0.2, -0.15) is 0 Å². The van der Waals surface area contributed by atoms with Gasteiger partial charge in [-0.15, -0.1) is 0 Å². The van der Waals surface area contributed by atoms with Crippen LogP contribution in [0.2, 0.25) is 0 Å². The molecule has 0 amide bonds. The third-order valence-corrected chi connectivity index (χ3v) is 3.27. The first-order valence-electron chi connectivity index (χ1n) is 5.16. The van der Waals surface area contributed by atoms with E-state index in [1.54, 1.807) is 19.2 Å². The van der Waals surface area contributed by atoms with Gasteiger partial charge in [-0.25, -0.2) is 0 Å². The monoisotopic (exact) mass is 208 g/mol. The molecule has 0 fully saturated rings. The SMILES string of the molecule is COC1(CO)CCc2ccc(O)cc2C1. The van der Waals surface area contributed by atoms with Crippen molar-refractivity contribution in [3.63, 3.8) is 0 Å². The summed E-state index contributed by atoms with van der Waals surface area (Å²) in [4.78, 5) is 0. The molecule has 0 saturated carbocycles. The molecular weight excluding hydrogens is 192 g/mol. The molecule has 2 N–H and O–H groups in total. The first-order valence-corrected chi connectivity index (χ1v) is 5.16. The van der Waals surface area contributed by atoms with Gasteiger partial charge in [0.25, 0.3) is 0 Å². The first kappa shape index (κ1) is 10.5. The van der Waals surface area contributed by atoms with Gasteiger partial charge in [-0.05, 0) is 36.1 Å². The summed E-state index contributed by atoms with van der Waals surface area (Å²) < 4.78 is 5.39. The number of aromatic hydroxyl groups is 1. The predicted molar refractivity (Wildman–Crippen MR) is 57.0 cm³/mol. The van der Waals surface area contributed by atoms with Crippen molar-refractivity contribution < 1.29 is 14.9 Å². The quantitative estimate of drug-likeness (QED) is 0.769. The summed E-state index contributed by atoms with van der Waals surface area (Å²) in [6.45, 7) is 0.0264. The van der Waals surface area contributed by atoms with Crippen LogP contribution in [0.5, 0.6) is 5.75 Å². The van der Waals surface area contributed by atoms with Crippen molar-refractivity contribution in [2.24, 2.45) is 0 Å². The number of phenols is 1. The van der Waals surface area contributed by atoms with Gasteiger partial charge in [-0.3, -0.25) is 0 Å². The molecule has 1 unspecified atom stereocenters. The molecule has 1 aliphatic carbocycles. The Morgan fingerprint density at radius 2 is 2.20 bits per heavy atom. The van der Waals surface area contributed by atoms with Crippen LogP contribution >= 0.6 is 0 Å². The van der Waals surface area contributed by atoms with Crippen LogP contribution in [-0.4, -0.2) is 29.5 Å².